The maximum Gasteiger partial charge on any atom is 0.245 e. The van der Waals surface area contributed by atoms with E-state index in [1.807, 2.05) is 32.0 Å². The molecule has 1 heterocycles. The molecule has 5 heteroatoms. The summed E-state index contributed by atoms with van der Waals surface area (Å²) in [5.74, 6) is 0.678. The Morgan fingerprint density at radius 3 is 2.60 bits per heavy atom. The Kier molecular flexibility index (Phi) is 4.50. The number of nitrogens with two attached hydrogens (primary N) is 1. The second-order valence-electron chi connectivity index (χ2n) is 4.95. The average molecular weight is 271 g/mol. The number of hydrogen-bond donors (Lipinski definition) is 1. The van der Waals surface area contributed by atoms with E-state index in [9.17, 15) is 0 Å². The molecule has 0 bridgehead atoms. The molecule has 5 nitrogen and oxygen atoms in total. The SMILES string of the molecule is CCCN(Cc1cccc(N)c1)c1nnc(C)c(C)n1. The van der Waals surface area contributed by atoms with E-state index >= 15 is 0 Å². The molecule has 0 aliphatic carbocycles. The molecule has 0 atom stereocenters. The van der Waals surface area contributed by atoms with Crippen molar-refractivity contribution in [1.82, 2.24) is 15.2 Å². The van der Waals surface area contributed by atoms with Gasteiger partial charge in [-0.3, -0.25) is 0 Å². The van der Waals surface area contributed by atoms with Crippen LogP contribution in [0.15, 0.2) is 24.3 Å². The highest BCUT2D eigenvalue weighted by atomic mass is 15.3. The molecule has 0 aliphatic heterocycles. The van der Waals surface area contributed by atoms with Crippen molar-refractivity contribution in [2.24, 2.45) is 0 Å². The van der Waals surface area contributed by atoms with Crippen LogP contribution in [0.4, 0.5) is 11.6 Å². The van der Waals surface area contributed by atoms with Gasteiger partial charge in [-0.25, -0.2) is 4.98 Å². The highest BCUT2D eigenvalue weighted by Crippen LogP contribution is 2.15. The molecule has 2 N–H and O–H groups in total. The Morgan fingerprint density at radius 1 is 1.15 bits per heavy atom. The first-order chi connectivity index (χ1) is 9.60. The third kappa shape index (κ3) is 3.44. The van der Waals surface area contributed by atoms with Crippen LogP contribution in [-0.4, -0.2) is 21.7 Å². The fraction of sp³-hybridized carbons (Fsp3) is 0.400. The monoisotopic (exact) mass is 271 g/mol. The van der Waals surface area contributed by atoms with Crippen LogP contribution in [0.2, 0.25) is 0 Å². The molecule has 0 fully saturated rings. The van der Waals surface area contributed by atoms with Gasteiger partial charge in [0.15, 0.2) is 0 Å². The minimum absolute atomic E-state index is 0.678. The third-order valence-corrected chi connectivity index (χ3v) is 3.18. The van der Waals surface area contributed by atoms with Crippen molar-refractivity contribution < 1.29 is 0 Å². The van der Waals surface area contributed by atoms with Crippen molar-refractivity contribution in [2.75, 3.05) is 17.2 Å². The van der Waals surface area contributed by atoms with Crippen LogP contribution in [0.3, 0.4) is 0 Å². The number of rotatable bonds is 5. The molecule has 2 aromatic rings. The van der Waals surface area contributed by atoms with Crippen LogP contribution in [0.25, 0.3) is 0 Å². The number of aryl methyl sites for hydroxylation is 2. The summed E-state index contributed by atoms with van der Waals surface area (Å²) >= 11 is 0. The van der Waals surface area contributed by atoms with Gasteiger partial charge < -0.3 is 10.6 Å². The molecule has 0 unspecified atom stereocenters. The van der Waals surface area contributed by atoms with E-state index in [-0.39, 0.29) is 0 Å². The van der Waals surface area contributed by atoms with Crippen molar-refractivity contribution in [2.45, 2.75) is 33.7 Å². The largest absolute Gasteiger partial charge is 0.399 e. The first kappa shape index (κ1) is 14.2. The fourth-order valence-electron chi connectivity index (χ4n) is 2.01. The summed E-state index contributed by atoms with van der Waals surface area (Å²) in [6.07, 6.45) is 1.03. The molecule has 0 radical (unpaired) electrons. The van der Waals surface area contributed by atoms with Gasteiger partial charge >= 0.3 is 0 Å². The lowest BCUT2D eigenvalue weighted by molar-refractivity contribution is 0.717. The summed E-state index contributed by atoms with van der Waals surface area (Å²) in [6.45, 7) is 7.64. The Morgan fingerprint density at radius 2 is 1.95 bits per heavy atom. The smallest absolute Gasteiger partial charge is 0.245 e. The van der Waals surface area contributed by atoms with E-state index in [1.54, 1.807) is 0 Å². The van der Waals surface area contributed by atoms with Gasteiger partial charge in [0.05, 0.1) is 11.4 Å². The molecule has 0 aliphatic rings. The summed E-state index contributed by atoms with van der Waals surface area (Å²) in [5.41, 5.74) is 9.55. The molecule has 1 aromatic carbocycles. The van der Waals surface area contributed by atoms with Gasteiger partial charge in [0.25, 0.3) is 0 Å². The van der Waals surface area contributed by atoms with Gasteiger partial charge in [0.1, 0.15) is 0 Å². The molecule has 0 saturated carbocycles. The maximum absolute atomic E-state index is 5.83. The Balaban J connectivity index is 2.24. The molecule has 106 valence electrons. The summed E-state index contributed by atoms with van der Waals surface area (Å²) in [6, 6.07) is 7.90. The highest BCUT2D eigenvalue weighted by Gasteiger charge is 2.11. The summed E-state index contributed by atoms with van der Waals surface area (Å²) in [5, 5.41) is 8.37. The van der Waals surface area contributed by atoms with Crippen LogP contribution < -0.4 is 10.6 Å². The number of anilines is 2. The predicted octanol–water partition coefficient (Wildman–Crippen LogP) is 2.49. The summed E-state index contributed by atoms with van der Waals surface area (Å²) in [4.78, 5) is 6.66. The zero-order valence-corrected chi connectivity index (χ0v) is 12.3. The Labute approximate surface area is 119 Å². The number of benzene rings is 1. The molecular formula is C15H21N5. The molecule has 20 heavy (non-hydrogen) atoms. The lowest BCUT2D eigenvalue weighted by Gasteiger charge is -2.22. The number of hydrogen-bond acceptors (Lipinski definition) is 5. The normalized spacial score (nSPS) is 10.6. The van der Waals surface area contributed by atoms with Crippen LogP contribution >= 0.6 is 0 Å². The van der Waals surface area contributed by atoms with Crippen molar-refractivity contribution in [3.63, 3.8) is 0 Å². The third-order valence-electron chi connectivity index (χ3n) is 3.18. The average Bonchev–Trinajstić information content (AvgIpc) is 2.41. The van der Waals surface area contributed by atoms with Crippen LogP contribution in [0.5, 0.6) is 0 Å². The van der Waals surface area contributed by atoms with E-state index in [1.165, 1.54) is 0 Å². The standard InChI is InChI=1S/C15H21N5/c1-4-8-20(10-13-6-5-7-14(16)9-13)15-17-11(2)12(3)18-19-15/h5-7,9H,4,8,10,16H2,1-3H3. The molecule has 0 spiro atoms. The van der Waals surface area contributed by atoms with Crippen molar-refractivity contribution in [3.05, 3.63) is 41.2 Å². The van der Waals surface area contributed by atoms with Crippen molar-refractivity contribution in [1.29, 1.82) is 0 Å². The lowest BCUT2D eigenvalue weighted by Crippen LogP contribution is -2.26. The summed E-state index contributed by atoms with van der Waals surface area (Å²) < 4.78 is 0. The van der Waals surface area contributed by atoms with Crippen LogP contribution in [0, 0.1) is 13.8 Å². The van der Waals surface area contributed by atoms with Crippen LogP contribution in [0.1, 0.15) is 30.3 Å². The minimum atomic E-state index is 0.678. The second-order valence-corrected chi connectivity index (χ2v) is 4.95. The fourth-order valence-corrected chi connectivity index (χ4v) is 2.01. The predicted molar refractivity (Wildman–Crippen MR) is 81.5 cm³/mol. The van der Waals surface area contributed by atoms with Crippen molar-refractivity contribution in [3.8, 4) is 0 Å². The van der Waals surface area contributed by atoms with Crippen molar-refractivity contribution >= 4 is 11.6 Å². The molecule has 0 amide bonds. The first-order valence-corrected chi connectivity index (χ1v) is 6.87. The van der Waals surface area contributed by atoms with Gasteiger partial charge in [0.2, 0.25) is 5.95 Å². The topological polar surface area (TPSA) is 67.9 Å². The van der Waals surface area contributed by atoms with E-state index in [4.69, 9.17) is 5.73 Å². The maximum atomic E-state index is 5.83. The Hall–Kier alpha value is -2.17. The zero-order chi connectivity index (χ0) is 14.5. The van der Waals surface area contributed by atoms with E-state index < -0.39 is 0 Å². The number of nitrogen functional groups attached to an aromatic ring is 1. The minimum Gasteiger partial charge on any atom is -0.399 e. The van der Waals surface area contributed by atoms with E-state index in [0.29, 0.717) is 5.95 Å². The van der Waals surface area contributed by atoms with Gasteiger partial charge in [-0.2, -0.15) is 5.10 Å². The quantitative estimate of drug-likeness (QED) is 0.846. The Bertz CT molecular complexity index is 582. The first-order valence-electron chi connectivity index (χ1n) is 6.87. The second kappa shape index (κ2) is 6.32. The van der Waals surface area contributed by atoms with E-state index in [0.717, 1.165) is 42.1 Å². The van der Waals surface area contributed by atoms with Crippen LogP contribution in [-0.2, 0) is 6.54 Å². The molecule has 2 rings (SSSR count). The van der Waals surface area contributed by atoms with Gasteiger partial charge in [0, 0.05) is 18.8 Å². The van der Waals surface area contributed by atoms with Gasteiger partial charge in [-0.15, -0.1) is 5.10 Å². The number of nitrogens with zero attached hydrogens (tertiary/aromatic N) is 4. The van der Waals surface area contributed by atoms with Gasteiger partial charge in [-0.05, 0) is 38.0 Å². The summed E-state index contributed by atoms with van der Waals surface area (Å²) in [7, 11) is 0. The highest BCUT2D eigenvalue weighted by molar-refractivity contribution is 5.42. The lowest BCUT2D eigenvalue weighted by atomic mass is 10.2. The zero-order valence-electron chi connectivity index (χ0n) is 12.3. The van der Waals surface area contributed by atoms with Gasteiger partial charge in [-0.1, -0.05) is 19.1 Å². The molecule has 0 saturated heterocycles. The van der Waals surface area contributed by atoms with E-state index in [2.05, 4.69) is 33.1 Å². The molecule has 1 aromatic heterocycles. The molecular weight excluding hydrogens is 250 g/mol. The number of aromatic nitrogens is 3.